The first-order valence-electron chi connectivity index (χ1n) is 5.55. The van der Waals surface area contributed by atoms with Crippen molar-refractivity contribution in [1.82, 2.24) is 4.98 Å². The van der Waals surface area contributed by atoms with Gasteiger partial charge >= 0.3 is 0 Å². The highest BCUT2D eigenvalue weighted by atomic mass is 32.1. The van der Waals surface area contributed by atoms with Crippen LogP contribution < -0.4 is 9.80 Å². The Morgan fingerprint density at radius 2 is 2.12 bits per heavy atom. The second-order valence-electron chi connectivity index (χ2n) is 3.90. The van der Waals surface area contributed by atoms with Crippen LogP contribution in [0, 0.1) is 0 Å². The van der Waals surface area contributed by atoms with E-state index < -0.39 is 0 Å². The Hall–Kier alpha value is -1.20. The Morgan fingerprint density at radius 3 is 2.76 bits per heavy atom. The zero-order chi connectivity index (χ0) is 11.8. The summed E-state index contributed by atoms with van der Waals surface area (Å²) in [6, 6.07) is 8.45. The number of aromatic nitrogens is 1. The molecule has 0 fully saturated rings. The van der Waals surface area contributed by atoms with Gasteiger partial charge < -0.3 is 4.90 Å². The molecule has 3 nitrogen and oxygen atoms in total. The Balaban J connectivity index is 2.04. The molecule has 88 valence electrons. The van der Waals surface area contributed by atoms with Gasteiger partial charge in [0.15, 0.2) is 5.13 Å². The lowest BCUT2D eigenvalue weighted by Gasteiger charge is -2.17. The number of benzene rings is 1. The first-order valence-corrected chi connectivity index (χ1v) is 6.88. The molecule has 5 heteroatoms. The minimum atomic E-state index is 0.789. The van der Waals surface area contributed by atoms with Crippen LogP contribution in [0.15, 0.2) is 34.7 Å². The number of thiazole rings is 1. The number of nitrogens with zero attached hydrogens (tertiary/aromatic N) is 3. The van der Waals surface area contributed by atoms with E-state index >= 15 is 0 Å². The van der Waals surface area contributed by atoms with E-state index in [9.17, 15) is 0 Å². The van der Waals surface area contributed by atoms with Crippen molar-refractivity contribution in [3.8, 4) is 0 Å². The molecule has 0 N–H and O–H groups in total. The second kappa shape index (κ2) is 4.23. The van der Waals surface area contributed by atoms with Crippen molar-refractivity contribution >= 4 is 40.5 Å². The number of para-hydroxylation sites is 2. The summed E-state index contributed by atoms with van der Waals surface area (Å²) in [6.45, 7) is 4.05. The highest BCUT2D eigenvalue weighted by Gasteiger charge is 2.26. The molecule has 1 aromatic carbocycles. The Morgan fingerprint density at radius 1 is 1.35 bits per heavy atom. The molecule has 17 heavy (non-hydrogen) atoms. The van der Waals surface area contributed by atoms with Crippen molar-refractivity contribution in [2.24, 2.45) is 0 Å². The van der Waals surface area contributed by atoms with E-state index in [0.29, 0.717) is 0 Å². The van der Waals surface area contributed by atoms with Crippen LogP contribution in [-0.4, -0.2) is 18.2 Å². The number of anilines is 3. The first kappa shape index (κ1) is 10.9. The summed E-state index contributed by atoms with van der Waals surface area (Å²) >= 11 is 5.91. The molecule has 2 aromatic rings. The SMILES string of the molecule is CCN1CN(c2nc(S)cs2)c2ccccc21. The van der Waals surface area contributed by atoms with Crippen LogP contribution in [-0.2, 0) is 0 Å². The van der Waals surface area contributed by atoms with Crippen molar-refractivity contribution < 1.29 is 0 Å². The average Bonchev–Trinajstić information content (AvgIpc) is 2.92. The van der Waals surface area contributed by atoms with E-state index in [2.05, 4.69) is 58.6 Å². The Labute approximate surface area is 110 Å². The lowest BCUT2D eigenvalue weighted by Crippen LogP contribution is -2.27. The van der Waals surface area contributed by atoms with Gasteiger partial charge in [0.25, 0.3) is 0 Å². The van der Waals surface area contributed by atoms with E-state index in [1.54, 1.807) is 11.3 Å². The van der Waals surface area contributed by atoms with Crippen LogP contribution in [0.25, 0.3) is 0 Å². The van der Waals surface area contributed by atoms with Crippen LogP contribution in [0.1, 0.15) is 6.92 Å². The fourth-order valence-electron chi connectivity index (χ4n) is 2.10. The third kappa shape index (κ3) is 1.79. The molecule has 1 aliphatic heterocycles. The molecular formula is C12H13N3S2. The van der Waals surface area contributed by atoms with Gasteiger partial charge in [-0.2, -0.15) is 0 Å². The average molecular weight is 263 g/mol. The predicted octanol–water partition coefficient (Wildman–Crippen LogP) is 3.37. The molecule has 0 bridgehead atoms. The van der Waals surface area contributed by atoms with Crippen LogP contribution in [0.2, 0.25) is 0 Å². The van der Waals surface area contributed by atoms with Crippen molar-refractivity contribution in [2.75, 3.05) is 23.0 Å². The zero-order valence-corrected chi connectivity index (χ0v) is 11.2. The molecule has 0 saturated carbocycles. The van der Waals surface area contributed by atoms with Crippen molar-refractivity contribution in [3.63, 3.8) is 0 Å². The summed E-state index contributed by atoms with van der Waals surface area (Å²) < 4.78 is 0. The van der Waals surface area contributed by atoms with Crippen LogP contribution in [0.3, 0.4) is 0 Å². The Bertz CT molecular complexity index is 538. The van der Waals surface area contributed by atoms with Crippen LogP contribution in [0.5, 0.6) is 0 Å². The molecular weight excluding hydrogens is 250 g/mol. The summed E-state index contributed by atoms with van der Waals surface area (Å²) in [5.41, 5.74) is 2.52. The largest absolute Gasteiger partial charge is 0.352 e. The van der Waals surface area contributed by atoms with Crippen molar-refractivity contribution in [1.29, 1.82) is 0 Å². The summed E-state index contributed by atoms with van der Waals surface area (Å²) in [4.78, 5) is 9.02. The quantitative estimate of drug-likeness (QED) is 0.839. The molecule has 0 aliphatic carbocycles. The van der Waals surface area contributed by atoms with Crippen LogP contribution in [0.4, 0.5) is 16.5 Å². The topological polar surface area (TPSA) is 19.4 Å². The van der Waals surface area contributed by atoms with E-state index in [-0.39, 0.29) is 0 Å². The van der Waals surface area contributed by atoms with Crippen LogP contribution >= 0.6 is 24.0 Å². The smallest absolute Gasteiger partial charge is 0.192 e. The maximum absolute atomic E-state index is 4.44. The highest BCUT2D eigenvalue weighted by Crippen LogP contribution is 2.41. The molecule has 0 saturated heterocycles. The van der Waals surface area contributed by atoms with Gasteiger partial charge in [0.1, 0.15) is 5.03 Å². The monoisotopic (exact) mass is 263 g/mol. The van der Waals surface area contributed by atoms with Gasteiger partial charge in [0.05, 0.1) is 18.0 Å². The summed E-state index contributed by atoms with van der Waals surface area (Å²) in [6.07, 6.45) is 0. The number of fused-ring (bicyclic) bond motifs is 1. The molecule has 2 heterocycles. The van der Waals surface area contributed by atoms with Gasteiger partial charge in [-0.15, -0.1) is 24.0 Å². The van der Waals surface area contributed by atoms with Gasteiger partial charge in [-0.05, 0) is 19.1 Å². The summed E-state index contributed by atoms with van der Waals surface area (Å²) in [7, 11) is 0. The lowest BCUT2D eigenvalue weighted by molar-refractivity contribution is 0.860. The molecule has 0 spiro atoms. The van der Waals surface area contributed by atoms with Gasteiger partial charge in [-0.1, -0.05) is 12.1 Å². The first-order chi connectivity index (χ1) is 8.29. The standard InChI is InChI=1S/C12H13N3S2/c1-2-14-8-15(12-13-11(16)7-17-12)10-6-4-3-5-9(10)14/h3-7,16H,2,8H2,1H3. The zero-order valence-electron chi connectivity index (χ0n) is 9.50. The molecule has 1 aliphatic rings. The number of rotatable bonds is 2. The molecule has 1 aromatic heterocycles. The van der Waals surface area contributed by atoms with Crippen molar-refractivity contribution in [2.45, 2.75) is 11.9 Å². The van der Waals surface area contributed by atoms with Crippen molar-refractivity contribution in [3.05, 3.63) is 29.6 Å². The summed E-state index contributed by atoms with van der Waals surface area (Å²) in [5, 5.41) is 3.77. The lowest BCUT2D eigenvalue weighted by atomic mass is 10.2. The molecule has 0 amide bonds. The fourth-order valence-corrected chi connectivity index (χ4v) is 3.12. The van der Waals surface area contributed by atoms with E-state index in [4.69, 9.17) is 0 Å². The van der Waals surface area contributed by atoms with Gasteiger partial charge in [0, 0.05) is 11.9 Å². The number of thiol groups is 1. The fraction of sp³-hybridized carbons (Fsp3) is 0.250. The molecule has 3 rings (SSSR count). The van der Waals surface area contributed by atoms with E-state index in [0.717, 1.165) is 23.4 Å². The number of hydrogen-bond donors (Lipinski definition) is 1. The van der Waals surface area contributed by atoms with E-state index in [1.165, 1.54) is 11.4 Å². The molecule has 0 unspecified atom stereocenters. The third-order valence-electron chi connectivity index (χ3n) is 2.92. The highest BCUT2D eigenvalue weighted by molar-refractivity contribution is 7.80. The minimum Gasteiger partial charge on any atom is -0.352 e. The normalized spacial score (nSPS) is 14.2. The predicted molar refractivity (Wildman–Crippen MR) is 75.8 cm³/mol. The summed E-state index contributed by atoms with van der Waals surface area (Å²) in [5.74, 6) is 0. The number of hydrogen-bond acceptors (Lipinski definition) is 5. The van der Waals surface area contributed by atoms with Gasteiger partial charge in [-0.25, -0.2) is 4.98 Å². The second-order valence-corrected chi connectivity index (χ2v) is 5.20. The maximum atomic E-state index is 4.44. The Kier molecular flexibility index (Phi) is 2.72. The molecule has 0 radical (unpaired) electrons. The third-order valence-corrected chi connectivity index (χ3v) is 4.19. The maximum Gasteiger partial charge on any atom is 0.192 e. The van der Waals surface area contributed by atoms with Gasteiger partial charge in [-0.3, -0.25) is 4.90 Å². The van der Waals surface area contributed by atoms with Gasteiger partial charge in [0.2, 0.25) is 0 Å². The minimum absolute atomic E-state index is 0.789. The van der Waals surface area contributed by atoms with E-state index in [1.807, 2.05) is 5.38 Å². The molecule has 0 atom stereocenters.